The molecule has 2 heteroatoms. The van der Waals surface area contributed by atoms with E-state index in [9.17, 15) is 0 Å². The van der Waals surface area contributed by atoms with Crippen molar-refractivity contribution in [1.29, 1.82) is 0 Å². The fourth-order valence-corrected chi connectivity index (χ4v) is 2.33. The summed E-state index contributed by atoms with van der Waals surface area (Å²) >= 11 is 0. The fraction of sp³-hybridized carbons (Fsp3) is 0.818. The Morgan fingerprint density at radius 1 is 1.62 bits per heavy atom. The average Bonchev–Trinajstić information content (AvgIpc) is 2.17. The molecule has 0 saturated heterocycles. The van der Waals surface area contributed by atoms with E-state index in [1.807, 2.05) is 6.08 Å². The minimum atomic E-state index is 0.187. The highest BCUT2D eigenvalue weighted by Crippen LogP contribution is 2.32. The van der Waals surface area contributed by atoms with E-state index in [4.69, 9.17) is 5.73 Å². The average molecular weight is 182 g/mol. The van der Waals surface area contributed by atoms with Gasteiger partial charge in [-0.1, -0.05) is 25.8 Å². The van der Waals surface area contributed by atoms with Gasteiger partial charge < -0.3 is 11.1 Å². The van der Waals surface area contributed by atoms with Gasteiger partial charge in [-0.05, 0) is 18.8 Å². The van der Waals surface area contributed by atoms with Gasteiger partial charge in [0, 0.05) is 18.6 Å². The second-order valence-corrected chi connectivity index (χ2v) is 4.18. The Kier molecular flexibility index (Phi) is 3.94. The number of rotatable bonds is 4. The summed E-state index contributed by atoms with van der Waals surface area (Å²) in [5.41, 5.74) is 6.06. The molecular formula is C11H22N2. The first kappa shape index (κ1) is 10.7. The molecule has 2 nitrogen and oxygen atoms in total. The maximum atomic E-state index is 5.87. The molecule has 0 aromatic rings. The zero-order valence-corrected chi connectivity index (χ0v) is 8.68. The molecule has 0 aliphatic heterocycles. The van der Waals surface area contributed by atoms with E-state index in [1.165, 1.54) is 25.7 Å². The molecule has 1 rings (SSSR count). The van der Waals surface area contributed by atoms with Crippen molar-refractivity contribution in [1.82, 2.24) is 5.32 Å². The second-order valence-electron chi connectivity index (χ2n) is 4.18. The molecule has 0 aromatic heterocycles. The molecule has 1 aliphatic carbocycles. The highest BCUT2D eigenvalue weighted by Gasteiger charge is 2.35. The van der Waals surface area contributed by atoms with Crippen molar-refractivity contribution in [2.75, 3.05) is 13.1 Å². The summed E-state index contributed by atoms with van der Waals surface area (Å²) < 4.78 is 0. The normalized spacial score (nSPS) is 34.5. The molecule has 2 unspecified atom stereocenters. The van der Waals surface area contributed by atoms with Gasteiger partial charge in [0.15, 0.2) is 0 Å². The molecule has 2 atom stereocenters. The summed E-state index contributed by atoms with van der Waals surface area (Å²) in [6.45, 7) is 7.67. The van der Waals surface area contributed by atoms with Crippen LogP contribution in [0.25, 0.3) is 0 Å². The van der Waals surface area contributed by atoms with E-state index in [1.54, 1.807) is 0 Å². The summed E-state index contributed by atoms with van der Waals surface area (Å²) in [6.07, 6.45) is 7.11. The van der Waals surface area contributed by atoms with E-state index >= 15 is 0 Å². The Morgan fingerprint density at radius 3 is 2.92 bits per heavy atom. The molecule has 0 spiro atoms. The van der Waals surface area contributed by atoms with Crippen LogP contribution in [0.2, 0.25) is 0 Å². The van der Waals surface area contributed by atoms with Gasteiger partial charge in [-0.2, -0.15) is 0 Å². The van der Waals surface area contributed by atoms with Crippen molar-refractivity contribution in [3.05, 3.63) is 12.7 Å². The van der Waals surface area contributed by atoms with Crippen LogP contribution in [-0.2, 0) is 0 Å². The first-order chi connectivity index (χ1) is 6.25. The van der Waals surface area contributed by atoms with Crippen molar-refractivity contribution in [2.24, 2.45) is 11.7 Å². The highest BCUT2D eigenvalue weighted by molar-refractivity contribution is 4.97. The molecular weight excluding hydrogens is 160 g/mol. The van der Waals surface area contributed by atoms with Crippen molar-refractivity contribution in [2.45, 2.75) is 38.1 Å². The van der Waals surface area contributed by atoms with Crippen molar-refractivity contribution >= 4 is 0 Å². The molecule has 0 heterocycles. The summed E-state index contributed by atoms with van der Waals surface area (Å²) in [5.74, 6) is 0.700. The van der Waals surface area contributed by atoms with Gasteiger partial charge >= 0.3 is 0 Å². The van der Waals surface area contributed by atoms with E-state index < -0.39 is 0 Å². The Labute approximate surface area is 81.6 Å². The van der Waals surface area contributed by atoms with E-state index in [0.717, 1.165) is 13.1 Å². The topological polar surface area (TPSA) is 38.0 Å². The summed E-state index contributed by atoms with van der Waals surface area (Å²) in [6, 6.07) is 0. The fourth-order valence-electron chi connectivity index (χ4n) is 2.33. The molecule has 0 aromatic carbocycles. The first-order valence-electron chi connectivity index (χ1n) is 5.31. The smallest absolute Gasteiger partial charge is 0.0332 e. The Balaban J connectivity index is 2.58. The minimum absolute atomic E-state index is 0.187. The third-order valence-corrected chi connectivity index (χ3v) is 3.42. The van der Waals surface area contributed by atoms with Gasteiger partial charge in [0.1, 0.15) is 0 Å². The van der Waals surface area contributed by atoms with Crippen molar-refractivity contribution < 1.29 is 0 Å². The summed E-state index contributed by atoms with van der Waals surface area (Å²) in [5, 5.41) is 3.54. The van der Waals surface area contributed by atoms with Crippen LogP contribution >= 0.6 is 0 Å². The quantitative estimate of drug-likeness (QED) is 0.649. The largest absolute Gasteiger partial charge is 0.329 e. The molecule has 76 valence electrons. The van der Waals surface area contributed by atoms with Gasteiger partial charge in [-0.3, -0.25) is 0 Å². The van der Waals surface area contributed by atoms with Crippen LogP contribution in [0.15, 0.2) is 12.7 Å². The van der Waals surface area contributed by atoms with E-state index in [-0.39, 0.29) is 5.54 Å². The molecule has 1 fully saturated rings. The second kappa shape index (κ2) is 4.77. The molecule has 1 saturated carbocycles. The lowest BCUT2D eigenvalue weighted by Gasteiger charge is -2.42. The molecule has 1 aliphatic rings. The number of hydrogen-bond donors (Lipinski definition) is 2. The van der Waals surface area contributed by atoms with Crippen LogP contribution in [0.5, 0.6) is 0 Å². The van der Waals surface area contributed by atoms with Crippen LogP contribution in [0, 0.1) is 5.92 Å². The monoisotopic (exact) mass is 182 g/mol. The van der Waals surface area contributed by atoms with Gasteiger partial charge in [0.05, 0.1) is 0 Å². The van der Waals surface area contributed by atoms with Crippen molar-refractivity contribution in [3.63, 3.8) is 0 Å². The zero-order chi connectivity index (χ0) is 9.73. The lowest BCUT2D eigenvalue weighted by Crippen LogP contribution is -2.57. The highest BCUT2D eigenvalue weighted by atomic mass is 15.0. The summed E-state index contributed by atoms with van der Waals surface area (Å²) in [4.78, 5) is 0. The maximum Gasteiger partial charge on any atom is 0.0332 e. The SMILES string of the molecule is C=CCNC1(CN)CCCCC1C. The van der Waals surface area contributed by atoms with Crippen LogP contribution in [0.3, 0.4) is 0 Å². The van der Waals surface area contributed by atoms with Crippen LogP contribution < -0.4 is 11.1 Å². The standard InChI is InChI=1S/C11H22N2/c1-3-8-13-11(9-12)7-5-4-6-10(11)2/h3,10,13H,1,4-9,12H2,2H3. The maximum absolute atomic E-state index is 5.87. The van der Waals surface area contributed by atoms with Crippen LogP contribution in [-0.4, -0.2) is 18.6 Å². The van der Waals surface area contributed by atoms with Gasteiger partial charge in [-0.25, -0.2) is 0 Å². The van der Waals surface area contributed by atoms with Crippen LogP contribution in [0.1, 0.15) is 32.6 Å². The predicted molar refractivity (Wildman–Crippen MR) is 57.6 cm³/mol. The Morgan fingerprint density at radius 2 is 2.38 bits per heavy atom. The zero-order valence-electron chi connectivity index (χ0n) is 8.68. The predicted octanol–water partition coefficient (Wildman–Crippen LogP) is 1.67. The Bertz CT molecular complexity index is 167. The van der Waals surface area contributed by atoms with Gasteiger partial charge in [0.25, 0.3) is 0 Å². The minimum Gasteiger partial charge on any atom is -0.329 e. The van der Waals surface area contributed by atoms with E-state index in [0.29, 0.717) is 5.92 Å². The molecule has 0 amide bonds. The number of nitrogens with two attached hydrogens (primary N) is 1. The lowest BCUT2D eigenvalue weighted by atomic mass is 9.73. The Hall–Kier alpha value is -0.340. The van der Waals surface area contributed by atoms with Gasteiger partial charge in [0.2, 0.25) is 0 Å². The van der Waals surface area contributed by atoms with Gasteiger partial charge in [-0.15, -0.1) is 6.58 Å². The van der Waals surface area contributed by atoms with Crippen LogP contribution in [0.4, 0.5) is 0 Å². The number of hydrogen-bond acceptors (Lipinski definition) is 2. The van der Waals surface area contributed by atoms with E-state index in [2.05, 4.69) is 18.8 Å². The molecule has 0 bridgehead atoms. The number of nitrogens with one attached hydrogen (secondary N) is 1. The third-order valence-electron chi connectivity index (χ3n) is 3.42. The molecule has 0 radical (unpaired) electrons. The molecule has 13 heavy (non-hydrogen) atoms. The lowest BCUT2D eigenvalue weighted by molar-refractivity contribution is 0.167. The third kappa shape index (κ3) is 2.32. The summed E-state index contributed by atoms with van der Waals surface area (Å²) in [7, 11) is 0. The van der Waals surface area contributed by atoms with Crippen molar-refractivity contribution in [3.8, 4) is 0 Å². The first-order valence-corrected chi connectivity index (χ1v) is 5.31. The molecule has 3 N–H and O–H groups in total.